The zero-order valence-electron chi connectivity index (χ0n) is 10.5. The molecule has 0 aliphatic heterocycles. The molecule has 1 nitrogen and oxygen atoms in total. The molecule has 0 N–H and O–H groups in total. The Bertz CT molecular complexity index is 536. The highest BCUT2D eigenvalue weighted by atomic mass is 16.1. The first kappa shape index (κ1) is 12.3. The Hall–Kier alpha value is -2.15. The monoisotopic (exact) mass is 236 g/mol. The Morgan fingerprint density at radius 2 is 1.67 bits per heavy atom. The summed E-state index contributed by atoms with van der Waals surface area (Å²) in [5.74, 6) is 0.155. The number of ketones is 1. The molecule has 2 aromatic rings. The maximum atomic E-state index is 11.9. The Kier molecular flexibility index (Phi) is 4.08. The molecule has 90 valence electrons. The summed E-state index contributed by atoms with van der Waals surface area (Å²) in [7, 11) is 0. The Morgan fingerprint density at radius 3 is 2.33 bits per heavy atom. The van der Waals surface area contributed by atoms with Crippen LogP contribution in [0, 0.1) is 6.92 Å². The van der Waals surface area contributed by atoms with E-state index in [0.717, 1.165) is 11.1 Å². The summed E-state index contributed by atoms with van der Waals surface area (Å²) in [6.45, 7) is 2.02. The smallest absolute Gasteiger partial charge is 0.166 e. The van der Waals surface area contributed by atoms with E-state index in [1.165, 1.54) is 5.56 Å². The maximum Gasteiger partial charge on any atom is 0.166 e. The van der Waals surface area contributed by atoms with E-state index in [2.05, 4.69) is 0 Å². The second-order valence-electron chi connectivity index (χ2n) is 4.31. The van der Waals surface area contributed by atoms with Crippen LogP contribution >= 0.6 is 0 Å². The quantitative estimate of drug-likeness (QED) is 0.724. The highest BCUT2D eigenvalue weighted by Crippen LogP contribution is 2.08. The third-order valence-corrected chi connectivity index (χ3v) is 2.79. The third kappa shape index (κ3) is 3.42. The predicted molar refractivity (Wildman–Crippen MR) is 75.6 cm³/mol. The topological polar surface area (TPSA) is 17.1 Å². The van der Waals surface area contributed by atoms with E-state index in [0.29, 0.717) is 6.42 Å². The molecule has 0 heterocycles. The van der Waals surface area contributed by atoms with Crippen molar-refractivity contribution in [2.45, 2.75) is 13.3 Å². The fraction of sp³-hybridized carbons (Fsp3) is 0.118. The molecule has 0 aromatic heterocycles. The number of carbonyl (C=O) groups excluding carboxylic acids is 1. The molecule has 0 radical (unpaired) electrons. The SMILES string of the molecule is Cc1ccc(C(=O)C/C=C/c2ccccc2)cc1. The molecular weight excluding hydrogens is 220 g/mol. The molecule has 0 atom stereocenters. The van der Waals surface area contributed by atoms with Crippen molar-refractivity contribution in [2.24, 2.45) is 0 Å². The van der Waals surface area contributed by atoms with E-state index in [-0.39, 0.29) is 5.78 Å². The highest BCUT2D eigenvalue weighted by molar-refractivity contribution is 5.97. The van der Waals surface area contributed by atoms with Crippen LogP contribution in [-0.4, -0.2) is 5.78 Å². The lowest BCUT2D eigenvalue weighted by molar-refractivity contribution is 0.0996. The van der Waals surface area contributed by atoms with Gasteiger partial charge in [-0.05, 0) is 12.5 Å². The van der Waals surface area contributed by atoms with Crippen LogP contribution in [0.15, 0.2) is 60.7 Å². The number of Topliss-reactive ketones (excluding diaryl/α,β-unsaturated/α-hetero) is 1. The molecule has 0 saturated carbocycles. The minimum Gasteiger partial charge on any atom is -0.294 e. The zero-order chi connectivity index (χ0) is 12.8. The highest BCUT2D eigenvalue weighted by Gasteiger charge is 2.02. The van der Waals surface area contributed by atoms with Crippen LogP contribution in [0.2, 0.25) is 0 Å². The van der Waals surface area contributed by atoms with Gasteiger partial charge in [0.1, 0.15) is 0 Å². The lowest BCUT2D eigenvalue weighted by Crippen LogP contribution is -1.96. The molecule has 0 spiro atoms. The van der Waals surface area contributed by atoms with Gasteiger partial charge in [-0.1, -0.05) is 72.3 Å². The van der Waals surface area contributed by atoms with E-state index < -0.39 is 0 Å². The number of benzene rings is 2. The van der Waals surface area contributed by atoms with Gasteiger partial charge in [-0.25, -0.2) is 0 Å². The largest absolute Gasteiger partial charge is 0.294 e. The van der Waals surface area contributed by atoms with E-state index >= 15 is 0 Å². The minimum atomic E-state index is 0.155. The van der Waals surface area contributed by atoms with Crippen LogP contribution in [0.5, 0.6) is 0 Å². The first-order chi connectivity index (χ1) is 8.75. The van der Waals surface area contributed by atoms with Crippen LogP contribution in [0.1, 0.15) is 27.9 Å². The standard InChI is InChI=1S/C17H16O/c1-14-10-12-16(13-11-14)17(18)9-5-8-15-6-3-2-4-7-15/h2-8,10-13H,9H2,1H3/b8-5+. The number of rotatable bonds is 4. The molecule has 0 fully saturated rings. The van der Waals surface area contributed by atoms with E-state index in [1.54, 1.807) is 0 Å². The van der Waals surface area contributed by atoms with Crippen LogP contribution in [0.4, 0.5) is 0 Å². The average Bonchev–Trinajstić information content (AvgIpc) is 2.40. The van der Waals surface area contributed by atoms with Crippen molar-refractivity contribution in [3.8, 4) is 0 Å². The van der Waals surface area contributed by atoms with Gasteiger partial charge in [-0.2, -0.15) is 0 Å². The lowest BCUT2D eigenvalue weighted by Gasteiger charge is -1.98. The number of hydrogen-bond donors (Lipinski definition) is 0. The normalized spacial score (nSPS) is 10.7. The molecule has 0 saturated heterocycles. The van der Waals surface area contributed by atoms with Crippen molar-refractivity contribution in [1.29, 1.82) is 0 Å². The second-order valence-corrected chi connectivity index (χ2v) is 4.31. The Balaban J connectivity index is 1.96. The van der Waals surface area contributed by atoms with Crippen LogP contribution < -0.4 is 0 Å². The van der Waals surface area contributed by atoms with Gasteiger partial charge in [0.25, 0.3) is 0 Å². The van der Waals surface area contributed by atoms with Crippen LogP contribution in [0.25, 0.3) is 6.08 Å². The number of allylic oxidation sites excluding steroid dienone is 1. The molecular formula is C17H16O. The predicted octanol–water partition coefficient (Wildman–Crippen LogP) is 4.28. The number of carbonyl (C=O) groups is 1. The van der Waals surface area contributed by atoms with Crippen molar-refractivity contribution in [1.82, 2.24) is 0 Å². The number of hydrogen-bond acceptors (Lipinski definition) is 1. The summed E-state index contributed by atoms with van der Waals surface area (Å²) in [5, 5.41) is 0. The van der Waals surface area contributed by atoms with E-state index in [1.807, 2.05) is 73.7 Å². The zero-order valence-corrected chi connectivity index (χ0v) is 10.5. The van der Waals surface area contributed by atoms with Crippen molar-refractivity contribution in [3.05, 3.63) is 77.4 Å². The number of aryl methyl sites for hydroxylation is 1. The van der Waals surface area contributed by atoms with Crippen LogP contribution in [0.3, 0.4) is 0 Å². The maximum absolute atomic E-state index is 11.9. The van der Waals surface area contributed by atoms with Gasteiger partial charge < -0.3 is 0 Å². The van der Waals surface area contributed by atoms with Crippen molar-refractivity contribution in [2.75, 3.05) is 0 Å². The van der Waals surface area contributed by atoms with E-state index in [9.17, 15) is 4.79 Å². The van der Waals surface area contributed by atoms with Gasteiger partial charge >= 0.3 is 0 Å². The van der Waals surface area contributed by atoms with E-state index in [4.69, 9.17) is 0 Å². The Morgan fingerprint density at radius 1 is 1.00 bits per heavy atom. The molecule has 0 bridgehead atoms. The van der Waals surface area contributed by atoms with Gasteiger partial charge in [0.05, 0.1) is 0 Å². The molecule has 0 aliphatic rings. The summed E-state index contributed by atoms with van der Waals surface area (Å²) in [4.78, 5) is 11.9. The van der Waals surface area contributed by atoms with Gasteiger partial charge in [0, 0.05) is 12.0 Å². The molecule has 0 unspecified atom stereocenters. The van der Waals surface area contributed by atoms with Gasteiger partial charge in [0.15, 0.2) is 5.78 Å². The Labute approximate surface area is 108 Å². The van der Waals surface area contributed by atoms with Crippen molar-refractivity contribution in [3.63, 3.8) is 0 Å². The summed E-state index contributed by atoms with van der Waals surface area (Å²) in [6.07, 6.45) is 4.33. The van der Waals surface area contributed by atoms with Gasteiger partial charge in [-0.15, -0.1) is 0 Å². The van der Waals surface area contributed by atoms with Crippen molar-refractivity contribution < 1.29 is 4.79 Å². The molecule has 1 heteroatoms. The summed E-state index contributed by atoms with van der Waals surface area (Å²) < 4.78 is 0. The first-order valence-corrected chi connectivity index (χ1v) is 6.07. The fourth-order valence-electron chi connectivity index (χ4n) is 1.72. The first-order valence-electron chi connectivity index (χ1n) is 6.07. The molecule has 18 heavy (non-hydrogen) atoms. The molecule has 0 amide bonds. The van der Waals surface area contributed by atoms with Crippen molar-refractivity contribution >= 4 is 11.9 Å². The summed E-state index contributed by atoms with van der Waals surface area (Å²) in [5.41, 5.74) is 3.07. The second kappa shape index (κ2) is 5.97. The molecule has 2 aromatic carbocycles. The average molecular weight is 236 g/mol. The fourth-order valence-corrected chi connectivity index (χ4v) is 1.72. The summed E-state index contributed by atoms with van der Waals surface area (Å²) >= 11 is 0. The van der Waals surface area contributed by atoms with Gasteiger partial charge in [0.2, 0.25) is 0 Å². The van der Waals surface area contributed by atoms with Crippen LogP contribution in [-0.2, 0) is 0 Å². The summed E-state index contributed by atoms with van der Waals surface area (Å²) in [6, 6.07) is 17.7. The van der Waals surface area contributed by atoms with Gasteiger partial charge in [-0.3, -0.25) is 4.79 Å². The lowest BCUT2D eigenvalue weighted by atomic mass is 10.1. The minimum absolute atomic E-state index is 0.155. The molecule has 2 rings (SSSR count). The third-order valence-electron chi connectivity index (χ3n) is 2.79. The molecule has 0 aliphatic carbocycles.